The van der Waals surface area contributed by atoms with E-state index >= 15 is 0 Å². The third-order valence-corrected chi connectivity index (χ3v) is 1.94. The maximum Gasteiger partial charge on any atom is 0.112 e. The Balaban J connectivity index is 0.000000281. The van der Waals surface area contributed by atoms with Gasteiger partial charge in [0.15, 0.2) is 0 Å². The largest absolute Gasteiger partial charge is 0.400 e. The van der Waals surface area contributed by atoms with E-state index in [0.29, 0.717) is 6.61 Å². The lowest BCUT2D eigenvalue weighted by molar-refractivity contribution is 0.0187. The Morgan fingerprint density at radius 3 is 2.64 bits per heavy atom. The van der Waals surface area contributed by atoms with E-state index in [-0.39, 0.29) is 18.3 Å². The van der Waals surface area contributed by atoms with E-state index in [2.05, 4.69) is 0 Å². The molecule has 0 aromatic carbocycles. The molecule has 0 unspecified atom stereocenters. The molecule has 0 saturated carbocycles. The molecule has 0 aromatic heterocycles. The van der Waals surface area contributed by atoms with Crippen molar-refractivity contribution in [1.29, 1.82) is 0 Å². The minimum Gasteiger partial charge on any atom is -0.400 e. The van der Waals surface area contributed by atoms with Gasteiger partial charge in [-0.15, -0.1) is 0 Å². The molecule has 11 heavy (non-hydrogen) atoms. The number of fused-ring (bicyclic) bond motifs is 1. The molecule has 0 aromatic rings. The number of hydrogen-bond acceptors (Lipinski definition) is 4. The van der Waals surface area contributed by atoms with Crippen LogP contribution in [0, 0.1) is 0 Å². The molecule has 2 N–H and O–H groups in total. The molecule has 2 aliphatic heterocycles. The summed E-state index contributed by atoms with van der Waals surface area (Å²) in [5.41, 5.74) is 0. The standard InChI is InChI=1S/C6H10O3.CH4O/c7-4-3-9-5-1-2-8-6(4)5;1-2/h4-7H,1-3H2;2H,1H3/t4-,5-,6-;/m1./s1. The topological polar surface area (TPSA) is 58.9 Å². The molecule has 66 valence electrons. The van der Waals surface area contributed by atoms with Crippen LogP contribution in [0.4, 0.5) is 0 Å². The number of aliphatic hydroxyl groups is 2. The molecule has 4 nitrogen and oxygen atoms in total. The van der Waals surface area contributed by atoms with Gasteiger partial charge in [-0.05, 0) is 6.42 Å². The van der Waals surface area contributed by atoms with Gasteiger partial charge in [-0.3, -0.25) is 0 Å². The fourth-order valence-corrected chi connectivity index (χ4v) is 1.45. The van der Waals surface area contributed by atoms with Gasteiger partial charge in [-0.25, -0.2) is 0 Å². The monoisotopic (exact) mass is 162 g/mol. The van der Waals surface area contributed by atoms with Gasteiger partial charge in [0.2, 0.25) is 0 Å². The van der Waals surface area contributed by atoms with Crippen LogP contribution in [-0.2, 0) is 9.47 Å². The third-order valence-electron chi connectivity index (χ3n) is 1.94. The molecule has 4 heteroatoms. The molecule has 2 fully saturated rings. The lowest BCUT2D eigenvalue weighted by Crippen LogP contribution is -2.26. The summed E-state index contributed by atoms with van der Waals surface area (Å²) in [6.45, 7) is 1.20. The van der Waals surface area contributed by atoms with E-state index in [1.807, 2.05) is 0 Å². The van der Waals surface area contributed by atoms with Crippen molar-refractivity contribution in [3.05, 3.63) is 0 Å². The van der Waals surface area contributed by atoms with Crippen molar-refractivity contribution in [2.75, 3.05) is 20.3 Å². The van der Waals surface area contributed by atoms with Crippen LogP contribution < -0.4 is 0 Å². The first kappa shape index (κ1) is 8.93. The Morgan fingerprint density at radius 1 is 1.27 bits per heavy atom. The SMILES string of the molecule is CO.O[C@@H]1CO[C@@H]2CCO[C@H]12. The molecule has 2 aliphatic rings. The fraction of sp³-hybridized carbons (Fsp3) is 1.00. The molecule has 0 radical (unpaired) electrons. The first-order chi connectivity index (χ1) is 5.38. The normalized spacial score (nSPS) is 41.2. The number of hydrogen-bond donors (Lipinski definition) is 2. The minimum absolute atomic E-state index is 0.0231. The zero-order valence-electron chi connectivity index (χ0n) is 6.56. The van der Waals surface area contributed by atoms with E-state index in [1.165, 1.54) is 0 Å². The summed E-state index contributed by atoms with van der Waals surface area (Å²) in [5.74, 6) is 0. The molecule has 0 amide bonds. The zero-order valence-corrected chi connectivity index (χ0v) is 6.56. The predicted molar refractivity (Wildman–Crippen MR) is 38.2 cm³/mol. The van der Waals surface area contributed by atoms with Crippen molar-refractivity contribution in [3.63, 3.8) is 0 Å². The summed E-state index contributed by atoms with van der Waals surface area (Å²) in [6.07, 6.45) is 0.726. The molecule has 3 atom stereocenters. The second kappa shape index (κ2) is 4.01. The van der Waals surface area contributed by atoms with Gasteiger partial charge in [0.25, 0.3) is 0 Å². The van der Waals surface area contributed by atoms with E-state index in [9.17, 15) is 0 Å². The third kappa shape index (κ3) is 1.70. The summed E-state index contributed by atoms with van der Waals surface area (Å²) < 4.78 is 10.4. The highest BCUT2D eigenvalue weighted by Gasteiger charge is 2.40. The van der Waals surface area contributed by atoms with Crippen LogP contribution in [0.3, 0.4) is 0 Å². The second-order valence-electron chi connectivity index (χ2n) is 2.56. The Labute approximate surface area is 65.7 Å². The van der Waals surface area contributed by atoms with Gasteiger partial charge in [0, 0.05) is 13.7 Å². The molecule has 2 heterocycles. The highest BCUT2D eigenvalue weighted by Crippen LogP contribution is 2.25. The lowest BCUT2D eigenvalue weighted by Gasteiger charge is -2.08. The van der Waals surface area contributed by atoms with Crippen LogP contribution >= 0.6 is 0 Å². The fourth-order valence-electron chi connectivity index (χ4n) is 1.45. The summed E-state index contributed by atoms with van der Waals surface area (Å²) in [5, 5.41) is 16.1. The smallest absolute Gasteiger partial charge is 0.112 e. The Hall–Kier alpha value is -0.160. The van der Waals surface area contributed by atoms with E-state index in [0.717, 1.165) is 20.1 Å². The van der Waals surface area contributed by atoms with Gasteiger partial charge in [0.05, 0.1) is 12.7 Å². The van der Waals surface area contributed by atoms with Crippen molar-refractivity contribution < 1.29 is 19.7 Å². The first-order valence-electron chi connectivity index (χ1n) is 3.74. The van der Waals surface area contributed by atoms with Gasteiger partial charge in [-0.1, -0.05) is 0 Å². The van der Waals surface area contributed by atoms with E-state index < -0.39 is 0 Å². The maximum atomic E-state index is 9.15. The van der Waals surface area contributed by atoms with Crippen LogP contribution in [0.2, 0.25) is 0 Å². The van der Waals surface area contributed by atoms with E-state index in [4.69, 9.17) is 19.7 Å². The van der Waals surface area contributed by atoms with Crippen LogP contribution in [-0.4, -0.2) is 48.8 Å². The average molecular weight is 162 g/mol. The minimum atomic E-state index is -0.377. The van der Waals surface area contributed by atoms with Gasteiger partial charge >= 0.3 is 0 Å². The molecule has 0 spiro atoms. The number of ether oxygens (including phenoxy) is 2. The first-order valence-corrected chi connectivity index (χ1v) is 3.74. The molecular formula is C7H14O4. The Morgan fingerprint density at radius 2 is 2.00 bits per heavy atom. The number of aliphatic hydroxyl groups excluding tert-OH is 2. The van der Waals surface area contributed by atoms with Gasteiger partial charge in [-0.2, -0.15) is 0 Å². The summed E-state index contributed by atoms with van der Waals surface area (Å²) in [6, 6.07) is 0. The van der Waals surface area contributed by atoms with Crippen LogP contribution in [0.1, 0.15) is 6.42 Å². The van der Waals surface area contributed by atoms with Crippen molar-refractivity contribution >= 4 is 0 Å². The Kier molecular flexibility index (Phi) is 3.26. The van der Waals surface area contributed by atoms with Crippen molar-refractivity contribution in [2.24, 2.45) is 0 Å². The highest BCUT2D eigenvalue weighted by atomic mass is 16.6. The lowest BCUT2D eigenvalue weighted by atomic mass is 10.1. The van der Waals surface area contributed by atoms with Gasteiger partial charge < -0.3 is 19.7 Å². The molecule has 0 aliphatic carbocycles. The maximum absolute atomic E-state index is 9.15. The predicted octanol–water partition coefficient (Wildman–Crippen LogP) is -0.857. The van der Waals surface area contributed by atoms with Crippen molar-refractivity contribution in [1.82, 2.24) is 0 Å². The molecular weight excluding hydrogens is 148 g/mol. The van der Waals surface area contributed by atoms with Crippen molar-refractivity contribution in [2.45, 2.75) is 24.7 Å². The van der Waals surface area contributed by atoms with Gasteiger partial charge in [0.1, 0.15) is 12.2 Å². The zero-order chi connectivity index (χ0) is 8.27. The molecule has 2 saturated heterocycles. The quantitative estimate of drug-likeness (QED) is 0.487. The highest BCUT2D eigenvalue weighted by molar-refractivity contribution is 4.88. The summed E-state index contributed by atoms with van der Waals surface area (Å²) in [7, 11) is 1.00. The van der Waals surface area contributed by atoms with E-state index in [1.54, 1.807) is 0 Å². The molecule has 0 bridgehead atoms. The average Bonchev–Trinajstić information content (AvgIpc) is 2.60. The number of rotatable bonds is 0. The van der Waals surface area contributed by atoms with Crippen LogP contribution in [0.25, 0.3) is 0 Å². The summed E-state index contributed by atoms with van der Waals surface area (Å²) in [4.78, 5) is 0. The Bertz CT molecular complexity index is 117. The molecule has 2 rings (SSSR count). The second-order valence-corrected chi connectivity index (χ2v) is 2.56. The van der Waals surface area contributed by atoms with Crippen LogP contribution in [0.5, 0.6) is 0 Å². The summed E-state index contributed by atoms with van der Waals surface area (Å²) >= 11 is 0. The van der Waals surface area contributed by atoms with Crippen LogP contribution in [0.15, 0.2) is 0 Å². The van der Waals surface area contributed by atoms with Crippen molar-refractivity contribution in [3.8, 4) is 0 Å².